The lowest BCUT2D eigenvalue weighted by atomic mass is 9.90. The molecule has 0 aromatic heterocycles. The Balaban J connectivity index is 1.97. The third-order valence-electron chi connectivity index (χ3n) is 4.08. The van der Waals surface area contributed by atoms with Crippen molar-refractivity contribution in [2.75, 3.05) is 0 Å². The van der Waals surface area contributed by atoms with Crippen LogP contribution in [0.1, 0.15) is 32.1 Å². The van der Waals surface area contributed by atoms with Crippen molar-refractivity contribution < 1.29 is 0 Å². The molecule has 1 aliphatic carbocycles. The minimum atomic E-state index is 0.712. The van der Waals surface area contributed by atoms with Crippen LogP contribution >= 0.6 is 0 Å². The van der Waals surface area contributed by atoms with Crippen molar-refractivity contribution >= 4 is 17.6 Å². The third-order valence-corrected chi connectivity index (χ3v) is 4.08. The van der Waals surface area contributed by atoms with Crippen molar-refractivity contribution in [3.05, 3.63) is 60.7 Å². The van der Waals surface area contributed by atoms with E-state index in [0.717, 1.165) is 0 Å². The normalized spacial score (nSPS) is 15.8. The summed E-state index contributed by atoms with van der Waals surface area (Å²) >= 11 is 0. The maximum Gasteiger partial charge on any atom is 0.210 e. The molecule has 102 valence electrons. The van der Waals surface area contributed by atoms with Crippen LogP contribution in [0.15, 0.2) is 60.7 Å². The highest BCUT2D eigenvalue weighted by Gasteiger charge is 2.19. The molecule has 0 atom stereocenters. The fourth-order valence-corrected chi connectivity index (χ4v) is 2.99. The number of hydrogen-bond donors (Lipinski definition) is 0. The van der Waals surface area contributed by atoms with Crippen LogP contribution < -0.4 is 4.58 Å². The van der Waals surface area contributed by atoms with Gasteiger partial charge in [0.1, 0.15) is 0 Å². The van der Waals surface area contributed by atoms with E-state index in [9.17, 15) is 0 Å². The zero-order valence-electron chi connectivity index (χ0n) is 11.9. The van der Waals surface area contributed by atoms with Crippen molar-refractivity contribution in [1.29, 1.82) is 0 Å². The fourth-order valence-electron chi connectivity index (χ4n) is 2.99. The van der Waals surface area contributed by atoms with Gasteiger partial charge in [-0.05, 0) is 12.8 Å². The molecule has 0 saturated heterocycles. The predicted molar refractivity (Wildman–Crippen MR) is 87.0 cm³/mol. The summed E-state index contributed by atoms with van der Waals surface area (Å²) in [6.45, 7) is 0. The molecule has 3 rings (SSSR count). The molecule has 1 aliphatic rings. The molecule has 0 spiro atoms. The second kappa shape index (κ2) is 6.51. The first-order chi connectivity index (χ1) is 9.93. The van der Waals surface area contributed by atoms with E-state index in [-0.39, 0.29) is 0 Å². The molecule has 1 nitrogen and oxygen atoms in total. The number of hydrogen-bond acceptors (Lipinski definition) is 0. The van der Waals surface area contributed by atoms with Crippen LogP contribution in [0, 0.1) is 5.92 Å². The van der Waals surface area contributed by atoms with Crippen molar-refractivity contribution in [1.82, 2.24) is 4.58 Å². The van der Waals surface area contributed by atoms with Gasteiger partial charge in [-0.25, -0.2) is 0 Å². The van der Waals surface area contributed by atoms with Crippen molar-refractivity contribution in [3.8, 4) is 0 Å². The summed E-state index contributed by atoms with van der Waals surface area (Å²) in [4.78, 5) is 0. The molecule has 0 heterocycles. The van der Waals surface area contributed by atoms with Crippen molar-refractivity contribution in [2.24, 2.45) is 5.92 Å². The topological polar surface area (TPSA) is 3.01 Å². The second-order valence-electron chi connectivity index (χ2n) is 5.59. The van der Waals surface area contributed by atoms with Crippen LogP contribution in [0.4, 0.5) is 11.4 Å². The summed E-state index contributed by atoms with van der Waals surface area (Å²) in [5.74, 6) is 0.712. The standard InChI is InChI=1S/C19H22N/c1-4-10-17(11-5-1)16-20(18-12-6-2-7-13-18)19-14-8-3-9-15-19/h2-3,6-9,12-17H,1,4-5,10-11H2/q+1. The zero-order valence-corrected chi connectivity index (χ0v) is 11.9. The third kappa shape index (κ3) is 3.16. The summed E-state index contributed by atoms with van der Waals surface area (Å²) in [7, 11) is 0. The number of nitrogens with zero attached hydrogens (tertiary/aromatic N) is 1. The Hall–Kier alpha value is -1.89. The van der Waals surface area contributed by atoms with E-state index in [1.807, 2.05) is 0 Å². The lowest BCUT2D eigenvalue weighted by Gasteiger charge is -2.16. The first-order valence-electron chi connectivity index (χ1n) is 7.68. The van der Waals surface area contributed by atoms with Crippen LogP contribution in [-0.4, -0.2) is 6.21 Å². The average molecular weight is 264 g/mol. The Kier molecular flexibility index (Phi) is 4.27. The van der Waals surface area contributed by atoms with Gasteiger partial charge in [0.2, 0.25) is 11.4 Å². The summed E-state index contributed by atoms with van der Waals surface area (Å²) in [6.07, 6.45) is 9.24. The first-order valence-corrected chi connectivity index (χ1v) is 7.68. The first kappa shape index (κ1) is 13.1. The van der Waals surface area contributed by atoms with E-state index < -0.39 is 0 Å². The molecule has 2 aromatic rings. The molecule has 2 aromatic carbocycles. The summed E-state index contributed by atoms with van der Waals surface area (Å²) in [5, 5.41) is 0. The van der Waals surface area contributed by atoms with Gasteiger partial charge < -0.3 is 0 Å². The quantitative estimate of drug-likeness (QED) is 0.531. The van der Waals surface area contributed by atoms with Gasteiger partial charge in [-0.1, -0.05) is 55.7 Å². The van der Waals surface area contributed by atoms with Gasteiger partial charge in [-0.2, -0.15) is 4.58 Å². The Morgan fingerprint density at radius 3 is 1.70 bits per heavy atom. The van der Waals surface area contributed by atoms with E-state index >= 15 is 0 Å². The highest BCUT2D eigenvalue weighted by Crippen LogP contribution is 2.25. The zero-order chi connectivity index (χ0) is 13.6. The average Bonchev–Trinajstić information content (AvgIpc) is 2.55. The maximum atomic E-state index is 2.43. The van der Waals surface area contributed by atoms with E-state index in [1.165, 1.54) is 43.5 Å². The van der Waals surface area contributed by atoms with Gasteiger partial charge in [0.15, 0.2) is 6.21 Å². The van der Waals surface area contributed by atoms with Gasteiger partial charge in [-0.3, -0.25) is 0 Å². The van der Waals surface area contributed by atoms with Crippen LogP contribution in [0.3, 0.4) is 0 Å². The molecule has 0 unspecified atom stereocenters. The lowest BCUT2D eigenvalue weighted by Crippen LogP contribution is -2.16. The Labute approximate surface area is 121 Å². The highest BCUT2D eigenvalue weighted by molar-refractivity contribution is 5.72. The Bertz CT molecular complexity index is 509. The fraction of sp³-hybridized carbons (Fsp3) is 0.316. The minimum absolute atomic E-state index is 0.712. The Morgan fingerprint density at radius 2 is 1.20 bits per heavy atom. The number of benzene rings is 2. The molecule has 1 fully saturated rings. The van der Waals surface area contributed by atoms with E-state index in [0.29, 0.717) is 5.92 Å². The summed E-state index contributed by atoms with van der Waals surface area (Å²) in [5.41, 5.74) is 2.51. The smallest absolute Gasteiger partial charge is 0.164 e. The van der Waals surface area contributed by atoms with E-state index in [4.69, 9.17) is 0 Å². The molecule has 0 amide bonds. The molecule has 1 heteroatoms. The summed E-state index contributed by atoms with van der Waals surface area (Å²) < 4.78 is 2.36. The summed E-state index contributed by atoms with van der Waals surface area (Å²) in [6, 6.07) is 21.3. The molecular formula is C19H22N+. The molecule has 1 saturated carbocycles. The van der Waals surface area contributed by atoms with Crippen molar-refractivity contribution in [2.45, 2.75) is 32.1 Å². The number of para-hydroxylation sites is 2. The maximum absolute atomic E-state index is 2.43. The molecule has 0 aliphatic heterocycles. The molecule has 0 radical (unpaired) electrons. The molecular weight excluding hydrogens is 242 g/mol. The van der Waals surface area contributed by atoms with E-state index in [2.05, 4.69) is 71.5 Å². The number of rotatable bonds is 3. The largest absolute Gasteiger partial charge is 0.210 e. The van der Waals surface area contributed by atoms with Gasteiger partial charge in [0.25, 0.3) is 0 Å². The molecule has 20 heavy (non-hydrogen) atoms. The van der Waals surface area contributed by atoms with Crippen LogP contribution in [0.2, 0.25) is 0 Å². The van der Waals surface area contributed by atoms with Crippen LogP contribution in [0.25, 0.3) is 0 Å². The minimum Gasteiger partial charge on any atom is -0.164 e. The van der Waals surface area contributed by atoms with E-state index in [1.54, 1.807) is 0 Å². The Morgan fingerprint density at radius 1 is 0.700 bits per heavy atom. The van der Waals surface area contributed by atoms with Crippen LogP contribution in [0.5, 0.6) is 0 Å². The van der Waals surface area contributed by atoms with Crippen LogP contribution in [-0.2, 0) is 0 Å². The monoisotopic (exact) mass is 264 g/mol. The van der Waals surface area contributed by atoms with Gasteiger partial charge in [-0.15, -0.1) is 0 Å². The molecule has 0 N–H and O–H groups in total. The van der Waals surface area contributed by atoms with Gasteiger partial charge in [0, 0.05) is 30.2 Å². The second-order valence-corrected chi connectivity index (χ2v) is 5.59. The SMILES string of the molecule is C(C1CCCCC1)=[N+](c1ccccc1)c1ccccc1. The molecule has 0 bridgehead atoms. The van der Waals surface area contributed by atoms with Crippen molar-refractivity contribution in [3.63, 3.8) is 0 Å². The van der Waals surface area contributed by atoms with Gasteiger partial charge in [0.05, 0.1) is 0 Å². The van der Waals surface area contributed by atoms with Gasteiger partial charge >= 0.3 is 0 Å². The predicted octanol–water partition coefficient (Wildman–Crippen LogP) is 5.17. The highest BCUT2D eigenvalue weighted by atomic mass is 15.0. The lowest BCUT2D eigenvalue weighted by molar-refractivity contribution is 0.443.